The van der Waals surface area contributed by atoms with E-state index in [1.165, 1.54) is 5.56 Å². The van der Waals surface area contributed by atoms with E-state index in [1.807, 2.05) is 13.0 Å². The summed E-state index contributed by atoms with van der Waals surface area (Å²) in [6, 6.07) is 8.72. The summed E-state index contributed by atoms with van der Waals surface area (Å²) < 4.78 is 0. The molecule has 0 aliphatic carbocycles. The highest BCUT2D eigenvalue weighted by Gasteiger charge is 2.16. The van der Waals surface area contributed by atoms with Crippen molar-refractivity contribution in [3.05, 3.63) is 53.9 Å². The van der Waals surface area contributed by atoms with Gasteiger partial charge in [0, 0.05) is 18.0 Å². The number of benzene rings is 1. The molecule has 3 aromatic rings. The minimum atomic E-state index is 0.161. The van der Waals surface area contributed by atoms with E-state index in [9.17, 15) is 0 Å². The fourth-order valence-corrected chi connectivity index (χ4v) is 2.62. The predicted octanol–water partition coefficient (Wildman–Crippen LogP) is 4.96. The monoisotopic (exact) mass is 291 g/mol. The van der Waals surface area contributed by atoms with Gasteiger partial charge in [0.15, 0.2) is 5.65 Å². The first-order valence-corrected chi connectivity index (χ1v) is 7.57. The average Bonchev–Trinajstić information content (AvgIpc) is 2.86. The zero-order chi connectivity index (χ0) is 15.7. The zero-order valence-electron chi connectivity index (χ0n) is 13.5. The SMILES string of the molecule is C/C=C/c1c(-c2ccc(C(C)(C)C)cc2)[nH]c2nccnc12. The first-order valence-electron chi connectivity index (χ1n) is 7.57. The van der Waals surface area contributed by atoms with Gasteiger partial charge in [0.1, 0.15) is 5.52 Å². The number of hydrogen-bond acceptors (Lipinski definition) is 2. The van der Waals surface area contributed by atoms with E-state index in [2.05, 4.69) is 66.1 Å². The summed E-state index contributed by atoms with van der Waals surface area (Å²) in [4.78, 5) is 12.2. The lowest BCUT2D eigenvalue weighted by molar-refractivity contribution is 0.590. The van der Waals surface area contributed by atoms with Crippen LogP contribution in [-0.2, 0) is 5.41 Å². The van der Waals surface area contributed by atoms with Gasteiger partial charge in [-0.1, -0.05) is 57.2 Å². The summed E-state index contributed by atoms with van der Waals surface area (Å²) in [5.74, 6) is 0. The van der Waals surface area contributed by atoms with Gasteiger partial charge in [0.25, 0.3) is 0 Å². The van der Waals surface area contributed by atoms with E-state index in [1.54, 1.807) is 12.4 Å². The highest BCUT2D eigenvalue weighted by atomic mass is 14.9. The number of H-pyrrole nitrogens is 1. The summed E-state index contributed by atoms with van der Waals surface area (Å²) in [5.41, 5.74) is 6.54. The summed E-state index contributed by atoms with van der Waals surface area (Å²) in [6.07, 6.45) is 7.56. The molecule has 0 spiro atoms. The van der Waals surface area contributed by atoms with Gasteiger partial charge in [-0.3, -0.25) is 4.98 Å². The van der Waals surface area contributed by atoms with Crippen LogP contribution in [0.2, 0.25) is 0 Å². The Morgan fingerprint density at radius 3 is 2.32 bits per heavy atom. The molecule has 112 valence electrons. The molecule has 0 atom stereocenters. The molecular formula is C19H21N3. The molecule has 0 fully saturated rings. The highest BCUT2D eigenvalue weighted by molar-refractivity contribution is 5.92. The quantitative estimate of drug-likeness (QED) is 0.725. The van der Waals surface area contributed by atoms with Crippen molar-refractivity contribution in [2.75, 3.05) is 0 Å². The van der Waals surface area contributed by atoms with Crippen molar-refractivity contribution in [1.29, 1.82) is 0 Å². The second kappa shape index (κ2) is 5.41. The van der Waals surface area contributed by atoms with Crippen molar-refractivity contribution in [1.82, 2.24) is 15.0 Å². The summed E-state index contributed by atoms with van der Waals surface area (Å²) in [5, 5.41) is 0. The molecule has 0 saturated heterocycles. The molecule has 3 rings (SSSR count). The van der Waals surface area contributed by atoms with Crippen LogP contribution < -0.4 is 0 Å². The topological polar surface area (TPSA) is 41.6 Å². The van der Waals surface area contributed by atoms with E-state index >= 15 is 0 Å². The molecule has 0 bridgehead atoms. The van der Waals surface area contributed by atoms with E-state index < -0.39 is 0 Å². The maximum absolute atomic E-state index is 4.46. The maximum atomic E-state index is 4.46. The highest BCUT2D eigenvalue weighted by Crippen LogP contribution is 2.31. The van der Waals surface area contributed by atoms with Crippen LogP contribution in [0.3, 0.4) is 0 Å². The first-order chi connectivity index (χ1) is 10.5. The Hall–Kier alpha value is -2.42. The standard InChI is InChI=1S/C19H21N3/c1-5-6-15-16(22-18-17(15)20-11-12-21-18)13-7-9-14(10-8-13)19(2,3)4/h5-12H,1-4H3,(H,21,22)/b6-5+. The third-order valence-electron chi connectivity index (χ3n) is 3.84. The van der Waals surface area contributed by atoms with Crippen LogP contribution in [0, 0.1) is 0 Å². The first kappa shape index (κ1) is 14.5. The maximum Gasteiger partial charge on any atom is 0.157 e. The molecule has 0 unspecified atom stereocenters. The number of fused-ring (bicyclic) bond motifs is 1. The number of rotatable bonds is 2. The van der Waals surface area contributed by atoms with Crippen molar-refractivity contribution < 1.29 is 0 Å². The van der Waals surface area contributed by atoms with Crippen LogP contribution in [0.25, 0.3) is 28.5 Å². The Morgan fingerprint density at radius 2 is 1.68 bits per heavy atom. The predicted molar refractivity (Wildman–Crippen MR) is 92.7 cm³/mol. The molecule has 3 heteroatoms. The minimum absolute atomic E-state index is 0.161. The molecular weight excluding hydrogens is 270 g/mol. The third-order valence-corrected chi connectivity index (χ3v) is 3.84. The van der Waals surface area contributed by atoms with Gasteiger partial charge in [-0.05, 0) is 23.5 Å². The van der Waals surface area contributed by atoms with Crippen molar-refractivity contribution >= 4 is 17.2 Å². The average molecular weight is 291 g/mol. The molecule has 1 aromatic carbocycles. The third kappa shape index (κ3) is 2.54. The minimum Gasteiger partial charge on any atom is -0.337 e. The molecule has 1 N–H and O–H groups in total. The Balaban J connectivity index is 2.15. The normalized spacial score (nSPS) is 12.4. The van der Waals surface area contributed by atoms with Crippen LogP contribution in [0.15, 0.2) is 42.7 Å². The van der Waals surface area contributed by atoms with Gasteiger partial charge >= 0.3 is 0 Å². The molecule has 0 radical (unpaired) electrons. The van der Waals surface area contributed by atoms with Gasteiger partial charge in [-0.25, -0.2) is 4.98 Å². The van der Waals surface area contributed by atoms with E-state index in [4.69, 9.17) is 0 Å². The lowest BCUT2D eigenvalue weighted by atomic mass is 9.86. The van der Waals surface area contributed by atoms with Crippen molar-refractivity contribution in [2.24, 2.45) is 0 Å². The Bertz CT molecular complexity index is 818. The number of allylic oxidation sites excluding steroid dienone is 1. The molecule has 0 aliphatic heterocycles. The molecule has 0 aliphatic rings. The van der Waals surface area contributed by atoms with Gasteiger partial charge in [0.2, 0.25) is 0 Å². The summed E-state index contributed by atoms with van der Waals surface area (Å²) in [6.45, 7) is 8.69. The fraction of sp³-hybridized carbons (Fsp3) is 0.263. The second-order valence-electron chi connectivity index (χ2n) is 6.49. The number of aromatic nitrogens is 3. The van der Waals surface area contributed by atoms with E-state index in [0.717, 1.165) is 28.0 Å². The molecule has 2 aromatic heterocycles. The fourth-order valence-electron chi connectivity index (χ4n) is 2.62. The molecule has 0 saturated carbocycles. The Kier molecular flexibility index (Phi) is 3.57. The number of hydrogen-bond donors (Lipinski definition) is 1. The van der Waals surface area contributed by atoms with Crippen molar-refractivity contribution in [3.8, 4) is 11.3 Å². The number of aromatic amines is 1. The molecule has 3 nitrogen and oxygen atoms in total. The lowest BCUT2D eigenvalue weighted by Gasteiger charge is -2.19. The smallest absolute Gasteiger partial charge is 0.157 e. The van der Waals surface area contributed by atoms with E-state index in [-0.39, 0.29) is 5.41 Å². The van der Waals surface area contributed by atoms with Crippen molar-refractivity contribution in [3.63, 3.8) is 0 Å². The Labute approximate surface area is 131 Å². The Morgan fingerprint density at radius 1 is 1.00 bits per heavy atom. The molecule has 22 heavy (non-hydrogen) atoms. The van der Waals surface area contributed by atoms with Gasteiger partial charge in [-0.15, -0.1) is 0 Å². The van der Waals surface area contributed by atoms with Gasteiger partial charge < -0.3 is 4.98 Å². The summed E-state index contributed by atoms with van der Waals surface area (Å²) in [7, 11) is 0. The number of nitrogens with zero attached hydrogens (tertiary/aromatic N) is 2. The number of nitrogens with one attached hydrogen (secondary N) is 1. The largest absolute Gasteiger partial charge is 0.337 e. The lowest BCUT2D eigenvalue weighted by Crippen LogP contribution is -2.10. The van der Waals surface area contributed by atoms with Gasteiger partial charge in [0.05, 0.1) is 5.69 Å². The van der Waals surface area contributed by atoms with E-state index in [0.29, 0.717) is 0 Å². The van der Waals surface area contributed by atoms with Crippen LogP contribution in [0.4, 0.5) is 0 Å². The summed E-state index contributed by atoms with van der Waals surface area (Å²) >= 11 is 0. The van der Waals surface area contributed by atoms with Crippen LogP contribution >= 0.6 is 0 Å². The van der Waals surface area contributed by atoms with Crippen molar-refractivity contribution in [2.45, 2.75) is 33.1 Å². The second-order valence-corrected chi connectivity index (χ2v) is 6.49. The molecule has 2 heterocycles. The zero-order valence-corrected chi connectivity index (χ0v) is 13.5. The van der Waals surface area contributed by atoms with Crippen LogP contribution in [0.5, 0.6) is 0 Å². The van der Waals surface area contributed by atoms with Crippen LogP contribution in [-0.4, -0.2) is 15.0 Å². The van der Waals surface area contributed by atoms with Crippen LogP contribution in [0.1, 0.15) is 38.8 Å². The molecule has 0 amide bonds. The van der Waals surface area contributed by atoms with Gasteiger partial charge in [-0.2, -0.15) is 0 Å².